The minimum Gasteiger partial charge on any atom is -0.336 e. The molecule has 1 saturated carbocycles. The number of hydrogen-bond donors (Lipinski definition) is 1. The summed E-state index contributed by atoms with van der Waals surface area (Å²) in [4.78, 5) is 27.9. The molecule has 1 aliphatic carbocycles. The molecule has 4 rings (SSSR count). The van der Waals surface area contributed by atoms with E-state index in [9.17, 15) is 18.0 Å². The van der Waals surface area contributed by atoms with Crippen LogP contribution in [0.25, 0.3) is 0 Å². The van der Waals surface area contributed by atoms with E-state index in [0.717, 1.165) is 25.7 Å². The molecule has 10 heteroatoms. The highest BCUT2D eigenvalue weighted by Crippen LogP contribution is 2.26. The smallest absolute Gasteiger partial charge is 0.282 e. The third kappa shape index (κ3) is 5.29. The average Bonchev–Trinajstić information content (AvgIpc) is 3.39. The number of amides is 2. The van der Waals surface area contributed by atoms with Gasteiger partial charge in [-0.1, -0.05) is 37.5 Å². The molecule has 0 atom stereocenters. The van der Waals surface area contributed by atoms with Crippen LogP contribution in [0.15, 0.2) is 41.8 Å². The van der Waals surface area contributed by atoms with Crippen LogP contribution < -0.4 is 5.32 Å². The number of nitrogens with zero attached hydrogens (tertiary/aromatic N) is 3. The summed E-state index contributed by atoms with van der Waals surface area (Å²) >= 11 is 1.33. The van der Waals surface area contributed by atoms with Crippen molar-refractivity contribution in [2.24, 2.45) is 0 Å². The summed E-state index contributed by atoms with van der Waals surface area (Å²) in [6, 6.07) is 10.5. The SMILES string of the molecule is CN(C1CCCCC1)S(=O)(=O)N1CCN(C(=O)c2ccccc2NC(=O)c2cccs2)CC1. The maximum absolute atomic E-state index is 13.2. The van der Waals surface area contributed by atoms with Crippen molar-refractivity contribution in [1.29, 1.82) is 0 Å². The molecule has 0 bridgehead atoms. The first-order valence-corrected chi connectivity index (χ1v) is 13.6. The van der Waals surface area contributed by atoms with E-state index in [4.69, 9.17) is 0 Å². The molecule has 2 heterocycles. The number of nitrogens with one attached hydrogen (secondary N) is 1. The minimum atomic E-state index is -3.55. The lowest BCUT2D eigenvalue weighted by Gasteiger charge is -2.38. The fourth-order valence-corrected chi connectivity index (χ4v) is 6.67. The van der Waals surface area contributed by atoms with Gasteiger partial charge in [0.15, 0.2) is 0 Å². The maximum atomic E-state index is 13.2. The molecular weight excluding hydrogens is 460 g/mol. The second kappa shape index (κ2) is 10.3. The van der Waals surface area contributed by atoms with Gasteiger partial charge >= 0.3 is 0 Å². The van der Waals surface area contributed by atoms with E-state index in [1.807, 2.05) is 5.38 Å². The molecule has 1 N–H and O–H groups in total. The van der Waals surface area contributed by atoms with Crippen LogP contribution >= 0.6 is 11.3 Å². The topological polar surface area (TPSA) is 90.0 Å². The molecule has 1 aliphatic heterocycles. The van der Waals surface area contributed by atoms with Crippen LogP contribution in [0.5, 0.6) is 0 Å². The Morgan fingerprint density at radius 2 is 1.70 bits per heavy atom. The van der Waals surface area contributed by atoms with Gasteiger partial charge in [-0.05, 0) is 36.4 Å². The van der Waals surface area contributed by atoms with Crippen LogP contribution in [-0.2, 0) is 10.2 Å². The Morgan fingerprint density at radius 1 is 1.00 bits per heavy atom. The molecule has 1 saturated heterocycles. The van der Waals surface area contributed by atoms with E-state index in [2.05, 4.69) is 5.32 Å². The first-order valence-electron chi connectivity index (χ1n) is 11.3. The summed E-state index contributed by atoms with van der Waals surface area (Å²) in [6.45, 7) is 1.14. The standard InChI is InChI=1S/C23H30N4O4S2/c1-25(18-8-3-2-4-9-18)33(30,31)27-15-13-26(14-16-27)23(29)19-10-5-6-11-20(19)24-22(28)21-12-7-17-32-21/h5-7,10-12,17-18H,2-4,8-9,13-16H2,1H3,(H,24,28). The molecule has 8 nitrogen and oxygen atoms in total. The lowest BCUT2D eigenvalue weighted by atomic mass is 9.96. The third-order valence-corrected chi connectivity index (χ3v) is 9.37. The second-order valence-corrected chi connectivity index (χ2v) is 11.4. The Hall–Kier alpha value is -2.27. The molecule has 1 aromatic carbocycles. The van der Waals surface area contributed by atoms with Gasteiger partial charge in [-0.3, -0.25) is 9.59 Å². The average molecular weight is 491 g/mol. The summed E-state index contributed by atoms with van der Waals surface area (Å²) in [6.07, 6.45) is 5.11. The summed E-state index contributed by atoms with van der Waals surface area (Å²) in [5.41, 5.74) is 0.853. The number of piperazine rings is 1. The molecule has 178 valence electrons. The Kier molecular flexibility index (Phi) is 7.48. The highest BCUT2D eigenvalue weighted by molar-refractivity contribution is 7.86. The molecule has 0 radical (unpaired) electrons. The van der Waals surface area contributed by atoms with Crippen molar-refractivity contribution in [2.75, 3.05) is 38.5 Å². The van der Waals surface area contributed by atoms with Crippen molar-refractivity contribution in [2.45, 2.75) is 38.1 Å². The molecule has 0 spiro atoms. The lowest BCUT2D eigenvalue weighted by Crippen LogP contribution is -2.55. The Bertz CT molecular complexity index is 1070. The van der Waals surface area contributed by atoms with Gasteiger partial charge in [0.1, 0.15) is 0 Å². The summed E-state index contributed by atoms with van der Waals surface area (Å²) in [5, 5.41) is 4.65. The molecule has 2 aromatic rings. The molecule has 1 aromatic heterocycles. The van der Waals surface area contributed by atoms with Gasteiger partial charge in [-0.15, -0.1) is 11.3 Å². The zero-order valence-electron chi connectivity index (χ0n) is 18.8. The van der Waals surface area contributed by atoms with E-state index in [0.29, 0.717) is 29.2 Å². The molecule has 2 amide bonds. The van der Waals surface area contributed by atoms with Gasteiger partial charge < -0.3 is 10.2 Å². The zero-order chi connectivity index (χ0) is 23.4. The number of carbonyl (C=O) groups excluding carboxylic acids is 2. The van der Waals surface area contributed by atoms with Gasteiger partial charge in [0.25, 0.3) is 22.0 Å². The van der Waals surface area contributed by atoms with Crippen LogP contribution in [-0.4, -0.2) is 73.0 Å². The third-order valence-electron chi connectivity index (χ3n) is 6.46. The largest absolute Gasteiger partial charge is 0.336 e. The number of carbonyl (C=O) groups is 2. The van der Waals surface area contributed by atoms with Gasteiger partial charge in [0.2, 0.25) is 0 Å². The lowest BCUT2D eigenvalue weighted by molar-refractivity contribution is 0.0694. The summed E-state index contributed by atoms with van der Waals surface area (Å²) < 4.78 is 29.3. The van der Waals surface area contributed by atoms with E-state index >= 15 is 0 Å². The van der Waals surface area contributed by atoms with E-state index in [1.165, 1.54) is 26.4 Å². The van der Waals surface area contributed by atoms with Crippen molar-refractivity contribution in [1.82, 2.24) is 13.5 Å². The highest BCUT2D eigenvalue weighted by atomic mass is 32.2. The van der Waals surface area contributed by atoms with Crippen molar-refractivity contribution in [3.05, 3.63) is 52.2 Å². The van der Waals surface area contributed by atoms with Gasteiger partial charge in [0.05, 0.1) is 16.1 Å². The van der Waals surface area contributed by atoms with Crippen molar-refractivity contribution < 1.29 is 18.0 Å². The Labute approximate surface area is 199 Å². The number of benzene rings is 1. The normalized spacial score (nSPS) is 18.4. The van der Waals surface area contributed by atoms with Gasteiger partial charge in [0, 0.05) is 39.3 Å². The quantitative estimate of drug-likeness (QED) is 0.673. The number of para-hydroxylation sites is 1. The fraction of sp³-hybridized carbons (Fsp3) is 0.478. The second-order valence-electron chi connectivity index (χ2n) is 8.48. The number of rotatable bonds is 6. The highest BCUT2D eigenvalue weighted by Gasteiger charge is 2.35. The molecular formula is C23H30N4O4S2. The summed E-state index contributed by atoms with van der Waals surface area (Å²) in [7, 11) is -1.88. The monoisotopic (exact) mass is 490 g/mol. The fourth-order valence-electron chi connectivity index (χ4n) is 4.48. The summed E-state index contributed by atoms with van der Waals surface area (Å²) in [5.74, 6) is -0.471. The predicted molar refractivity (Wildman–Crippen MR) is 130 cm³/mol. The number of hydrogen-bond acceptors (Lipinski definition) is 5. The van der Waals surface area contributed by atoms with Crippen molar-refractivity contribution >= 4 is 39.0 Å². The van der Waals surface area contributed by atoms with Gasteiger partial charge in [-0.2, -0.15) is 17.0 Å². The molecule has 2 fully saturated rings. The predicted octanol–water partition coefficient (Wildman–Crippen LogP) is 3.27. The molecule has 0 unspecified atom stereocenters. The van der Waals surface area contributed by atoms with Crippen LogP contribution in [0.3, 0.4) is 0 Å². The maximum Gasteiger partial charge on any atom is 0.282 e. The van der Waals surface area contributed by atoms with Crippen LogP contribution in [0.1, 0.15) is 52.1 Å². The van der Waals surface area contributed by atoms with Crippen LogP contribution in [0, 0.1) is 0 Å². The first-order chi connectivity index (χ1) is 15.9. The Morgan fingerprint density at radius 3 is 2.36 bits per heavy atom. The van der Waals surface area contributed by atoms with E-state index in [1.54, 1.807) is 48.3 Å². The van der Waals surface area contributed by atoms with Crippen LogP contribution in [0.2, 0.25) is 0 Å². The van der Waals surface area contributed by atoms with E-state index in [-0.39, 0.29) is 30.9 Å². The zero-order valence-corrected chi connectivity index (χ0v) is 20.4. The van der Waals surface area contributed by atoms with Crippen molar-refractivity contribution in [3.8, 4) is 0 Å². The van der Waals surface area contributed by atoms with Crippen LogP contribution in [0.4, 0.5) is 5.69 Å². The number of anilines is 1. The Balaban J connectivity index is 1.40. The van der Waals surface area contributed by atoms with Gasteiger partial charge in [-0.25, -0.2) is 0 Å². The molecule has 33 heavy (non-hydrogen) atoms. The van der Waals surface area contributed by atoms with E-state index < -0.39 is 10.2 Å². The molecule has 2 aliphatic rings. The first kappa shape index (κ1) is 23.9. The van der Waals surface area contributed by atoms with Crippen molar-refractivity contribution in [3.63, 3.8) is 0 Å². The number of thiophene rings is 1. The minimum absolute atomic E-state index is 0.0576.